The van der Waals surface area contributed by atoms with Gasteiger partial charge in [0.1, 0.15) is 11.4 Å². The van der Waals surface area contributed by atoms with Crippen molar-refractivity contribution < 1.29 is 17.9 Å². The Morgan fingerprint density at radius 3 is 2.42 bits per heavy atom. The van der Waals surface area contributed by atoms with Crippen LogP contribution in [0.5, 0.6) is 5.75 Å². The SMILES string of the molecule is CCC1(CC)C[C@H](NC(=O)CN(C)S(=O)(=O)c2ccc(SC)cc2)c2ccccc2O1. The molecule has 0 fully saturated rings. The van der Waals surface area contributed by atoms with Gasteiger partial charge in [-0.25, -0.2) is 8.42 Å². The molecule has 3 rings (SSSR count). The van der Waals surface area contributed by atoms with Crippen LogP contribution in [0.4, 0.5) is 0 Å². The third-order valence-corrected chi connectivity index (χ3v) is 8.52. The van der Waals surface area contributed by atoms with Crippen LogP contribution in [-0.4, -0.2) is 44.1 Å². The maximum atomic E-state index is 12.9. The van der Waals surface area contributed by atoms with Crippen LogP contribution in [0.1, 0.15) is 44.7 Å². The number of para-hydroxylation sites is 1. The van der Waals surface area contributed by atoms with Gasteiger partial charge in [-0.15, -0.1) is 11.8 Å². The Balaban J connectivity index is 1.74. The van der Waals surface area contributed by atoms with Gasteiger partial charge in [0.05, 0.1) is 17.5 Å². The number of nitrogens with one attached hydrogen (secondary N) is 1. The van der Waals surface area contributed by atoms with E-state index in [-0.39, 0.29) is 29.0 Å². The molecule has 1 N–H and O–H groups in total. The minimum absolute atomic E-state index is 0.174. The summed E-state index contributed by atoms with van der Waals surface area (Å²) in [6, 6.07) is 14.1. The van der Waals surface area contributed by atoms with Crippen LogP contribution in [0.25, 0.3) is 0 Å². The van der Waals surface area contributed by atoms with E-state index >= 15 is 0 Å². The van der Waals surface area contributed by atoms with Crippen LogP contribution in [0.2, 0.25) is 0 Å². The molecule has 1 heterocycles. The fourth-order valence-corrected chi connectivity index (χ4v) is 5.42. The Morgan fingerprint density at radius 1 is 1.16 bits per heavy atom. The molecular formula is C23H30N2O4S2. The first-order chi connectivity index (χ1) is 14.7. The van der Waals surface area contributed by atoms with E-state index in [2.05, 4.69) is 19.2 Å². The minimum atomic E-state index is -3.75. The average Bonchev–Trinajstić information content (AvgIpc) is 2.78. The third-order valence-electron chi connectivity index (χ3n) is 5.95. The highest BCUT2D eigenvalue weighted by Crippen LogP contribution is 2.42. The lowest BCUT2D eigenvalue weighted by molar-refractivity contribution is -0.122. The number of fused-ring (bicyclic) bond motifs is 1. The van der Waals surface area contributed by atoms with Crippen molar-refractivity contribution in [1.82, 2.24) is 9.62 Å². The Bertz CT molecular complexity index is 1020. The summed E-state index contributed by atoms with van der Waals surface area (Å²) < 4.78 is 33.1. The molecule has 2 aromatic carbocycles. The molecule has 1 aliphatic heterocycles. The average molecular weight is 463 g/mol. The van der Waals surface area contributed by atoms with E-state index in [1.807, 2.05) is 30.5 Å². The van der Waals surface area contributed by atoms with E-state index in [9.17, 15) is 13.2 Å². The molecule has 0 saturated heterocycles. The normalized spacial score (nSPS) is 17.6. The number of hydrogen-bond donors (Lipinski definition) is 1. The van der Waals surface area contributed by atoms with Gasteiger partial charge in [0.15, 0.2) is 0 Å². The summed E-state index contributed by atoms with van der Waals surface area (Å²) in [6.45, 7) is 3.91. The summed E-state index contributed by atoms with van der Waals surface area (Å²) in [4.78, 5) is 14.0. The van der Waals surface area contributed by atoms with Crippen LogP contribution in [0.15, 0.2) is 58.3 Å². The molecule has 0 radical (unpaired) electrons. The Hall–Kier alpha value is -2.03. The zero-order chi connectivity index (χ0) is 22.6. The van der Waals surface area contributed by atoms with Crippen molar-refractivity contribution in [3.8, 4) is 5.75 Å². The number of likely N-dealkylation sites (N-methyl/N-ethyl adjacent to an activating group) is 1. The first kappa shape index (κ1) is 23.6. The van der Waals surface area contributed by atoms with E-state index in [0.29, 0.717) is 6.42 Å². The minimum Gasteiger partial charge on any atom is -0.487 e. The largest absolute Gasteiger partial charge is 0.487 e. The topological polar surface area (TPSA) is 75.7 Å². The van der Waals surface area contributed by atoms with Crippen LogP contribution in [0, 0.1) is 0 Å². The Labute approximate surface area is 189 Å². The van der Waals surface area contributed by atoms with Crippen molar-refractivity contribution in [2.24, 2.45) is 0 Å². The summed E-state index contributed by atoms with van der Waals surface area (Å²) in [6.07, 6.45) is 4.23. The van der Waals surface area contributed by atoms with Gasteiger partial charge in [0, 0.05) is 23.9 Å². The summed E-state index contributed by atoms with van der Waals surface area (Å²) in [7, 11) is -2.33. The molecule has 0 spiro atoms. The number of carbonyl (C=O) groups is 1. The standard InChI is InChI=1S/C23H30N2O4S2/c1-5-23(6-2)15-20(19-9-7-8-10-21(19)29-23)24-22(26)16-25(3)31(27,28)18-13-11-17(30-4)12-14-18/h7-14,20H,5-6,15-16H2,1-4H3,(H,24,26)/t20-/m0/s1. The van der Waals surface area contributed by atoms with Crippen molar-refractivity contribution in [1.29, 1.82) is 0 Å². The number of amides is 1. The fraction of sp³-hybridized carbons (Fsp3) is 0.435. The molecule has 0 unspecified atom stereocenters. The molecule has 1 amide bonds. The second-order valence-electron chi connectivity index (χ2n) is 7.79. The van der Waals surface area contributed by atoms with Gasteiger partial charge in [-0.05, 0) is 49.4 Å². The van der Waals surface area contributed by atoms with Crippen molar-refractivity contribution in [2.75, 3.05) is 19.8 Å². The first-order valence-electron chi connectivity index (χ1n) is 10.4. The highest BCUT2D eigenvalue weighted by atomic mass is 32.2. The highest BCUT2D eigenvalue weighted by Gasteiger charge is 2.39. The quantitative estimate of drug-likeness (QED) is 0.594. The zero-order valence-corrected chi connectivity index (χ0v) is 20.1. The summed E-state index contributed by atoms with van der Waals surface area (Å²) in [5.74, 6) is 0.437. The Morgan fingerprint density at radius 2 is 1.81 bits per heavy atom. The van der Waals surface area contributed by atoms with Crippen molar-refractivity contribution in [3.05, 3.63) is 54.1 Å². The number of ether oxygens (including phenoxy) is 1. The number of carbonyl (C=O) groups excluding carboxylic acids is 1. The fourth-order valence-electron chi connectivity index (χ4n) is 3.88. The number of thioether (sulfide) groups is 1. The molecule has 6 nitrogen and oxygen atoms in total. The summed E-state index contributed by atoms with van der Waals surface area (Å²) in [5.41, 5.74) is 0.579. The molecule has 2 aromatic rings. The lowest BCUT2D eigenvalue weighted by Crippen LogP contribution is -2.46. The van der Waals surface area contributed by atoms with Crippen molar-refractivity contribution >= 4 is 27.7 Å². The molecule has 1 atom stereocenters. The number of rotatable bonds is 8. The van der Waals surface area contributed by atoms with E-state index < -0.39 is 10.0 Å². The van der Waals surface area contributed by atoms with Gasteiger partial charge >= 0.3 is 0 Å². The van der Waals surface area contributed by atoms with Crippen LogP contribution in [0.3, 0.4) is 0 Å². The number of sulfonamides is 1. The van der Waals surface area contributed by atoms with E-state index in [4.69, 9.17) is 4.74 Å². The number of benzene rings is 2. The Kier molecular flexibility index (Phi) is 7.34. The van der Waals surface area contributed by atoms with Crippen LogP contribution >= 0.6 is 11.8 Å². The van der Waals surface area contributed by atoms with Gasteiger partial charge in [-0.2, -0.15) is 4.31 Å². The maximum absolute atomic E-state index is 12.9. The van der Waals surface area contributed by atoms with Gasteiger partial charge in [0.2, 0.25) is 15.9 Å². The van der Waals surface area contributed by atoms with Crippen molar-refractivity contribution in [3.63, 3.8) is 0 Å². The van der Waals surface area contributed by atoms with E-state index in [1.165, 1.54) is 7.05 Å². The molecule has 0 aliphatic carbocycles. The molecule has 0 aromatic heterocycles. The number of nitrogens with zero attached hydrogens (tertiary/aromatic N) is 1. The smallest absolute Gasteiger partial charge is 0.243 e. The molecule has 31 heavy (non-hydrogen) atoms. The van der Waals surface area contributed by atoms with Crippen molar-refractivity contribution in [2.45, 2.75) is 54.5 Å². The second kappa shape index (κ2) is 9.63. The van der Waals surface area contributed by atoms with E-state index in [0.717, 1.165) is 33.4 Å². The van der Waals surface area contributed by atoms with E-state index in [1.54, 1.807) is 36.0 Å². The van der Waals surface area contributed by atoms with Crippen LogP contribution < -0.4 is 10.1 Å². The summed E-state index contributed by atoms with van der Waals surface area (Å²) >= 11 is 1.54. The monoisotopic (exact) mass is 462 g/mol. The number of hydrogen-bond acceptors (Lipinski definition) is 5. The molecular weight excluding hydrogens is 432 g/mol. The molecule has 0 saturated carbocycles. The van der Waals surface area contributed by atoms with Gasteiger partial charge in [-0.3, -0.25) is 4.79 Å². The zero-order valence-electron chi connectivity index (χ0n) is 18.4. The molecule has 168 valence electrons. The van der Waals surface area contributed by atoms with Gasteiger partial charge < -0.3 is 10.1 Å². The second-order valence-corrected chi connectivity index (χ2v) is 10.7. The van der Waals surface area contributed by atoms with Crippen LogP contribution in [-0.2, 0) is 14.8 Å². The lowest BCUT2D eigenvalue weighted by Gasteiger charge is -2.41. The molecule has 0 bridgehead atoms. The molecule has 1 aliphatic rings. The first-order valence-corrected chi connectivity index (χ1v) is 13.1. The maximum Gasteiger partial charge on any atom is 0.243 e. The summed E-state index contributed by atoms with van der Waals surface area (Å²) in [5, 5.41) is 3.04. The predicted molar refractivity (Wildman–Crippen MR) is 124 cm³/mol. The highest BCUT2D eigenvalue weighted by molar-refractivity contribution is 7.98. The predicted octanol–water partition coefficient (Wildman–Crippen LogP) is 4.23. The molecule has 8 heteroatoms. The third kappa shape index (κ3) is 5.07. The lowest BCUT2D eigenvalue weighted by atomic mass is 9.83. The van der Waals surface area contributed by atoms with Gasteiger partial charge in [0.25, 0.3) is 0 Å². The van der Waals surface area contributed by atoms with Gasteiger partial charge in [-0.1, -0.05) is 32.0 Å².